The fourth-order valence-electron chi connectivity index (χ4n) is 2.86. The molecule has 0 bridgehead atoms. The minimum Gasteiger partial charge on any atom is -0.496 e. The van der Waals surface area contributed by atoms with E-state index in [1.807, 2.05) is 11.8 Å². The molecule has 2 N–H and O–H groups in total. The van der Waals surface area contributed by atoms with E-state index < -0.39 is 0 Å². The molecule has 1 heterocycles. The SMILES string of the molecule is COc1cc(C)cc(C)c1C(N)C1(C)CCCS1. The number of nitrogens with two attached hydrogens (primary N) is 1. The normalized spacial score (nSPS) is 25.2. The minimum absolute atomic E-state index is 0.0422. The number of hydrogen-bond donors (Lipinski definition) is 1. The zero-order valence-corrected chi connectivity index (χ0v) is 12.6. The van der Waals surface area contributed by atoms with E-state index in [2.05, 4.69) is 32.9 Å². The summed E-state index contributed by atoms with van der Waals surface area (Å²) in [4.78, 5) is 0. The van der Waals surface area contributed by atoms with Crippen molar-refractivity contribution in [2.75, 3.05) is 12.9 Å². The minimum atomic E-state index is 0.0422. The third kappa shape index (κ3) is 2.39. The summed E-state index contributed by atoms with van der Waals surface area (Å²) in [6, 6.07) is 4.33. The Morgan fingerprint density at radius 2 is 2.11 bits per heavy atom. The van der Waals surface area contributed by atoms with Gasteiger partial charge < -0.3 is 10.5 Å². The number of aryl methyl sites for hydroxylation is 2. The number of rotatable bonds is 3. The quantitative estimate of drug-likeness (QED) is 0.907. The molecule has 2 rings (SSSR count). The van der Waals surface area contributed by atoms with Gasteiger partial charge >= 0.3 is 0 Å². The van der Waals surface area contributed by atoms with E-state index in [1.165, 1.54) is 35.3 Å². The first-order chi connectivity index (χ1) is 8.48. The average Bonchev–Trinajstić information content (AvgIpc) is 2.75. The zero-order chi connectivity index (χ0) is 13.3. The monoisotopic (exact) mass is 265 g/mol. The Morgan fingerprint density at radius 1 is 1.39 bits per heavy atom. The fourth-order valence-corrected chi connectivity index (χ4v) is 4.20. The standard InChI is InChI=1S/C15H23NOS/c1-10-8-11(2)13(12(9-10)17-4)14(16)15(3)6-5-7-18-15/h8-9,14H,5-7,16H2,1-4H3. The Morgan fingerprint density at radius 3 is 2.67 bits per heavy atom. The molecule has 3 heteroatoms. The lowest BCUT2D eigenvalue weighted by Crippen LogP contribution is -2.34. The maximum absolute atomic E-state index is 6.56. The van der Waals surface area contributed by atoms with Crippen molar-refractivity contribution in [2.45, 2.75) is 44.4 Å². The van der Waals surface area contributed by atoms with Crippen molar-refractivity contribution >= 4 is 11.8 Å². The first kappa shape index (κ1) is 13.8. The van der Waals surface area contributed by atoms with E-state index in [9.17, 15) is 0 Å². The first-order valence-electron chi connectivity index (χ1n) is 6.52. The number of hydrogen-bond acceptors (Lipinski definition) is 3. The highest BCUT2D eigenvalue weighted by molar-refractivity contribution is 8.00. The predicted molar refractivity (Wildman–Crippen MR) is 79.5 cm³/mol. The third-order valence-corrected chi connectivity index (χ3v) is 5.54. The maximum Gasteiger partial charge on any atom is 0.124 e. The largest absolute Gasteiger partial charge is 0.496 e. The van der Waals surface area contributed by atoms with Crippen molar-refractivity contribution in [3.63, 3.8) is 0 Å². The van der Waals surface area contributed by atoms with Crippen LogP contribution < -0.4 is 10.5 Å². The second kappa shape index (κ2) is 5.14. The van der Waals surface area contributed by atoms with E-state index in [-0.39, 0.29) is 10.8 Å². The third-order valence-electron chi connectivity index (χ3n) is 3.93. The Bertz CT molecular complexity index is 438. The summed E-state index contributed by atoms with van der Waals surface area (Å²) < 4.78 is 5.69. The molecular formula is C15H23NOS. The second-order valence-corrected chi connectivity index (χ2v) is 7.07. The van der Waals surface area contributed by atoms with Gasteiger partial charge in [-0.25, -0.2) is 0 Å². The number of thioether (sulfide) groups is 1. The molecule has 0 amide bonds. The Balaban J connectivity index is 2.43. The van der Waals surface area contributed by atoms with Crippen LogP contribution >= 0.6 is 11.8 Å². The zero-order valence-electron chi connectivity index (χ0n) is 11.7. The molecule has 1 fully saturated rings. The lowest BCUT2D eigenvalue weighted by Gasteiger charge is -2.32. The number of ether oxygens (including phenoxy) is 1. The van der Waals surface area contributed by atoms with Gasteiger partial charge in [-0.2, -0.15) is 11.8 Å². The molecule has 18 heavy (non-hydrogen) atoms. The Kier molecular flexibility index (Phi) is 3.93. The van der Waals surface area contributed by atoms with Gasteiger partial charge in [-0.15, -0.1) is 0 Å². The molecule has 0 aliphatic carbocycles. The fraction of sp³-hybridized carbons (Fsp3) is 0.600. The van der Waals surface area contributed by atoms with Gasteiger partial charge in [0.1, 0.15) is 5.75 Å². The molecule has 0 saturated carbocycles. The van der Waals surface area contributed by atoms with E-state index in [0.29, 0.717) is 0 Å². The van der Waals surface area contributed by atoms with Crippen LogP contribution in [-0.2, 0) is 0 Å². The molecular weight excluding hydrogens is 242 g/mol. The summed E-state index contributed by atoms with van der Waals surface area (Å²) >= 11 is 2.00. The maximum atomic E-state index is 6.56. The second-order valence-electron chi connectivity index (χ2n) is 5.44. The van der Waals surface area contributed by atoms with Gasteiger partial charge in [-0.3, -0.25) is 0 Å². The highest BCUT2D eigenvalue weighted by Gasteiger charge is 2.38. The van der Waals surface area contributed by atoms with Gasteiger partial charge in [0.15, 0.2) is 0 Å². The van der Waals surface area contributed by atoms with Gasteiger partial charge in [0.2, 0.25) is 0 Å². The summed E-state index contributed by atoms with van der Waals surface area (Å²) in [6.07, 6.45) is 2.46. The molecule has 1 aromatic rings. The molecule has 2 atom stereocenters. The van der Waals surface area contributed by atoms with Crippen molar-refractivity contribution in [2.24, 2.45) is 5.73 Å². The van der Waals surface area contributed by atoms with Gasteiger partial charge in [0.05, 0.1) is 7.11 Å². The lowest BCUT2D eigenvalue weighted by molar-refractivity contribution is 0.395. The van der Waals surface area contributed by atoms with Crippen molar-refractivity contribution in [1.82, 2.24) is 0 Å². The summed E-state index contributed by atoms with van der Waals surface area (Å²) in [5.74, 6) is 2.16. The van der Waals surface area contributed by atoms with Crippen molar-refractivity contribution in [3.8, 4) is 5.75 Å². The molecule has 2 nitrogen and oxygen atoms in total. The van der Waals surface area contributed by atoms with Crippen LogP contribution in [0, 0.1) is 13.8 Å². The van der Waals surface area contributed by atoms with Crippen molar-refractivity contribution in [3.05, 3.63) is 28.8 Å². The number of methoxy groups -OCH3 is 1. The van der Waals surface area contributed by atoms with Gasteiger partial charge in [0, 0.05) is 16.4 Å². The highest BCUT2D eigenvalue weighted by atomic mass is 32.2. The van der Waals surface area contributed by atoms with Gasteiger partial charge in [-0.05, 0) is 56.6 Å². The Labute approximate surface area is 114 Å². The van der Waals surface area contributed by atoms with E-state index in [1.54, 1.807) is 7.11 Å². The van der Waals surface area contributed by atoms with Crippen LogP contribution in [0.2, 0.25) is 0 Å². The molecule has 0 radical (unpaired) electrons. The molecule has 0 spiro atoms. The van der Waals surface area contributed by atoms with E-state index in [4.69, 9.17) is 10.5 Å². The molecule has 1 saturated heterocycles. The van der Waals surface area contributed by atoms with E-state index >= 15 is 0 Å². The molecule has 100 valence electrons. The summed E-state index contributed by atoms with van der Waals surface area (Å²) in [5.41, 5.74) is 10.2. The lowest BCUT2D eigenvalue weighted by atomic mass is 9.87. The van der Waals surface area contributed by atoms with Crippen LogP contribution in [0.1, 0.15) is 42.5 Å². The smallest absolute Gasteiger partial charge is 0.124 e. The van der Waals surface area contributed by atoms with Crippen molar-refractivity contribution in [1.29, 1.82) is 0 Å². The average molecular weight is 265 g/mol. The summed E-state index contributed by atoms with van der Waals surface area (Å²) in [5, 5.41) is 0. The van der Waals surface area contributed by atoms with Crippen LogP contribution in [0.25, 0.3) is 0 Å². The topological polar surface area (TPSA) is 35.2 Å². The van der Waals surface area contributed by atoms with Crippen LogP contribution in [0.4, 0.5) is 0 Å². The van der Waals surface area contributed by atoms with Gasteiger partial charge in [0.25, 0.3) is 0 Å². The van der Waals surface area contributed by atoms with Crippen LogP contribution in [0.3, 0.4) is 0 Å². The highest BCUT2D eigenvalue weighted by Crippen LogP contribution is 2.47. The van der Waals surface area contributed by atoms with E-state index in [0.717, 1.165) is 5.75 Å². The first-order valence-corrected chi connectivity index (χ1v) is 7.51. The van der Waals surface area contributed by atoms with Gasteiger partial charge in [-0.1, -0.05) is 6.07 Å². The molecule has 2 unspecified atom stereocenters. The molecule has 1 aliphatic heterocycles. The summed E-state index contributed by atoms with van der Waals surface area (Å²) in [7, 11) is 1.73. The van der Waals surface area contributed by atoms with Crippen LogP contribution in [0.15, 0.2) is 12.1 Å². The summed E-state index contributed by atoms with van der Waals surface area (Å²) in [6.45, 7) is 6.51. The molecule has 1 aliphatic rings. The molecule has 0 aromatic heterocycles. The molecule has 1 aromatic carbocycles. The van der Waals surface area contributed by atoms with Crippen LogP contribution in [0.5, 0.6) is 5.75 Å². The predicted octanol–water partition coefficient (Wildman–Crippen LogP) is 3.60. The number of benzene rings is 1. The van der Waals surface area contributed by atoms with Crippen LogP contribution in [-0.4, -0.2) is 17.6 Å². The Hall–Kier alpha value is -0.670. The van der Waals surface area contributed by atoms with Crippen molar-refractivity contribution < 1.29 is 4.74 Å².